The third-order valence-electron chi connectivity index (χ3n) is 15.8. The number of amides is 3. The molecule has 4 aromatic carbocycles. The molecular formula is C61H63N5O21. The molecule has 0 bridgehead atoms. The first-order valence-electron chi connectivity index (χ1n) is 27.7. The molecule has 2 aromatic heterocycles. The molecule has 2 fully saturated rings. The first kappa shape index (κ1) is 62.1. The predicted molar refractivity (Wildman–Crippen MR) is 299 cm³/mol. The van der Waals surface area contributed by atoms with Crippen LogP contribution in [-0.2, 0) is 44.6 Å². The number of aromatic amines is 1. The highest BCUT2D eigenvalue weighted by atomic mass is 16.7. The number of piperazine rings is 1. The molecule has 3 amide bonds. The van der Waals surface area contributed by atoms with Crippen LogP contribution in [-0.4, -0.2) is 179 Å². The number of hydrogen-bond acceptors (Lipinski definition) is 21. The van der Waals surface area contributed by atoms with Crippen molar-refractivity contribution in [1.82, 2.24) is 20.1 Å². The Labute approximate surface area is 495 Å². The smallest absolute Gasteiger partial charge is 0.306 e. The van der Waals surface area contributed by atoms with Crippen LogP contribution < -0.4 is 30.4 Å². The molecule has 4 aliphatic rings. The minimum atomic E-state index is -2.44. The number of carbonyl (C=O) groups excluding carboxylic acids is 9. The lowest BCUT2D eigenvalue weighted by molar-refractivity contribution is -0.466. The maximum atomic E-state index is 14.1. The number of quaternary nitrogens is 1. The molecule has 6 atom stereocenters. The second kappa shape index (κ2) is 26.4. The molecule has 9 N–H and O–H groups in total. The number of methoxy groups -OCH3 is 2. The number of H-pyrrole nitrogens is 1. The van der Waals surface area contributed by atoms with E-state index < -0.39 is 126 Å². The Morgan fingerprint density at radius 1 is 0.885 bits per heavy atom. The summed E-state index contributed by atoms with van der Waals surface area (Å²) in [5.41, 5.74) is 1.48. The van der Waals surface area contributed by atoms with Crippen molar-refractivity contribution >= 4 is 64.2 Å². The highest BCUT2D eigenvalue weighted by molar-refractivity contribution is 6.45. The maximum absolute atomic E-state index is 14.1. The minimum Gasteiger partial charge on any atom is -0.554 e. The number of esters is 1. The summed E-state index contributed by atoms with van der Waals surface area (Å²) in [5.74, 6) is -5.84. The lowest BCUT2D eigenvalue weighted by Gasteiger charge is -2.41. The van der Waals surface area contributed by atoms with Gasteiger partial charge >= 0.3 is 5.97 Å². The summed E-state index contributed by atoms with van der Waals surface area (Å²) in [5, 5.41) is 57.7. The summed E-state index contributed by atoms with van der Waals surface area (Å²) < 4.78 is 39.7. The second-order valence-corrected chi connectivity index (χ2v) is 21.1. The Morgan fingerprint density at radius 2 is 1.60 bits per heavy atom. The normalized spacial score (nSPS) is 20.4. The van der Waals surface area contributed by atoms with E-state index in [2.05, 4.69) is 16.0 Å². The summed E-state index contributed by atoms with van der Waals surface area (Å²) in [6.07, 6.45) is -2.92. The number of nitrogens with zero attached hydrogens (tertiary/aromatic N) is 2. The summed E-state index contributed by atoms with van der Waals surface area (Å²) in [6, 6.07) is 17.2. The number of fused-ring (bicyclic) bond motifs is 4. The van der Waals surface area contributed by atoms with Crippen LogP contribution in [0.5, 0.6) is 28.7 Å². The van der Waals surface area contributed by atoms with Gasteiger partial charge in [0.05, 0.1) is 78.8 Å². The number of aromatic hydroxyl groups is 2. The van der Waals surface area contributed by atoms with Gasteiger partial charge in [-0.1, -0.05) is 18.2 Å². The van der Waals surface area contributed by atoms with E-state index in [4.69, 9.17) is 42.7 Å². The van der Waals surface area contributed by atoms with Gasteiger partial charge < -0.3 is 89.0 Å². The van der Waals surface area contributed by atoms with Crippen LogP contribution in [0, 0.1) is 0 Å². The lowest BCUT2D eigenvalue weighted by Crippen LogP contribution is -2.71. The van der Waals surface area contributed by atoms with Crippen molar-refractivity contribution in [3.05, 3.63) is 124 Å². The number of ketones is 4. The molecule has 4 heterocycles. The average molecular weight is 1200 g/mol. The zero-order valence-electron chi connectivity index (χ0n) is 47.5. The summed E-state index contributed by atoms with van der Waals surface area (Å²) in [4.78, 5) is 123. The Bertz CT molecular complexity index is 3650. The third kappa shape index (κ3) is 12.6. The van der Waals surface area contributed by atoms with Crippen LogP contribution in [0.1, 0.15) is 109 Å². The van der Waals surface area contributed by atoms with Crippen molar-refractivity contribution in [3.63, 3.8) is 0 Å². The Balaban J connectivity index is 0.00000295. The van der Waals surface area contributed by atoms with Gasteiger partial charge in [0.15, 0.2) is 18.7 Å². The van der Waals surface area contributed by atoms with Gasteiger partial charge in [-0.2, -0.15) is 0 Å². The number of phenols is 2. The number of benzene rings is 4. The van der Waals surface area contributed by atoms with Crippen molar-refractivity contribution in [3.8, 4) is 40.1 Å². The fraction of sp³-hybridized carbons (Fsp3) is 0.361. The van der Waals surface area contributed by atoms with Crippen molar-refractivity contribution < 1.29 is 107 Å². The summed E-state index contributed by atoms with van der Waals surface area (Å²) in [7, 11) is 2.78. The number of Topliss-reactive ketones (excluding diaryl/α,β-unsaturated/α-hetero) is 2. The number of furan rings is 1. The van der Waals surface area contributed by atoms with Gasteiger partial charge in [-0.15, -0.1) is 0 Å². The van der Waals surface area contributed by atoms with Gasteiger partial charge in [0, 0.05) is 92.3 Å². The molecule has 87 heavy (non-hydrogen) atoms. The van der Waals surface area contributed by atoms with E-state index in [0.717, 1.165) is 0 Å². The van der Waals surface area contributed by atoms with E-state index in [1.54, 1.807) is 60.4 Å². The number of carboxylic acid groups (broad SMARTS) is 1. The van der Waals surface area contributed by atoms with Crippen LogP contribution >= 0.6 is 0 Å². The number of hydrogen-bond donors (Lipinski definition) is 7. The monoisotopic (exact) mass is 1200 g/mol. The molecular weight excluding hydrogens is 1140 g/mol. The second-order valence-electron chi connectivity index (χ2n) is 21.1. The molecule has 26 nitrogen and oxygen atoms in total. The molecule has 0 unspecified atom stereocenters. The van der Waals surface area contributed by atoms with Crippen LogP contribution in [0.15, 0.2) is 83.6 Å². The molecule has 2 saturated heterocycles. The van der Waals surface area contributed by atoms with Gasteiger partial charge in [0.25, 0.3) is 17.6 Å². The Morgan fingerprint density at radius 3 is 2.30 bits per heavy atom. The van der Waals surface area contributed by atoms with Gasteiger partial charge in [0.2, 0.25) is 17.5 Å². The Kier molecular flexibility index (Phi) is 18.9. The van der Waals surface area contributed by atoms with Gasteiger partial charge in [-0.3, -0.25) is 38.4 Å². The fourth-order valence-corrected chi connectivity index (χ4v) is 11.3. The summed E-state index contributed by atoms with van der Waals surface area (Å²) >= 11 is 0. The molecule has 10 rings (SSSR count). The number of rotatable bonds is 19. The van der Waals surface area contributed by atoms with Crippen molar-refractivity contribution in [2.45, 2.75) is 81.7 Å². The van der Waals surface area contributed by atoms with E-state index in [1.807, 2.05) is 0 Å². The van der Waals surface area contributed by atoms with Crippen molar-refractivity contribution in [2.24, 2.45) is 0 Å². The number of phenolic OH excluding ortho intramolecular Hbond substituents is 2. The van der Waals surface area contributed by atoms with Crippen molar-refractivity contribution in [1.29, 1.82) is 0 Å². The van der Waals surface area contributed by atoms with Crippen LogP contribution in [0.3, 0.4) is 0 Å². The topological polar surface area (TPSA) is 388 Å². The summed E-state index contributed by atoms with van der Waals surface area (Å²) in [6.45, 7) is 0.828. The number of aliphatic hydroxyl groups excluding tert-OH is 1. The average Bonchev–Trinajstić information content (AvgIpc) is 1.30. The molecule has 6 aromatic rings. The van der Waals surface area contributed by atoms with Crippen LogP contribution in [0.2, 0.25) is 0 Å². The predicted octanol–water partition coefficient (Wildman–Crippen LogP) is 1.48. The number of aromatic nitrogens is 1. The maximum Gasteiger partial charge on any atom is 0.306 e. The molecule has 2 aliphatic carbocycles. The fourth-order valence-electron chi connectivity index (χ4n) is 11.3. The van der Waals surface area contributed by atoms with Gasteiger partial charge in [0.1, 0.15) is 58.9 Å². The zero-order chi connectivity index (χ0) is 62.4. The molecule has 26 heteroatoms. The first-order chi connectivity index (χ1) is 41.7. The third-order valence-corrected chi connectivity index (χ3v) is 15.8. The highest BCUT2D eigenvalue weighted by Gasteiger charge is 2.51. The van der Waals surface area contributed by atoms with Crippen LogP contribution in [0.25, 0.3) is 22.2 Å². The number of ether oxygens (including phenoxy) is 6. The molecule has 458 valence electrons. The Hall–Kier alpha value is -9.47. The number of carbonyl (C=O) groups is 9. The standard InChI is InChI=1S/C60H61N5O19.CH2O2/c1-30-52(69)37(61)25-45(83-30)84-41-27-60(77,26-35-48(41)57(74)50-49(54(35)71)53(70)34-10-5-11-39(78-2)47(34)56(50)73)42(66)29-82-44(68)14-6-13-43(67)62-17-23-80-32-9-4-8-31(24-32)58(75)64-18-20-65(21-19-64)59(76)55(72)36-28-63-51-33(38-12-7-22-81-38)15-16-40(79-3)46(36)51;2-1-3/h4-5,7-12,15-16,22,24,28,30,37,41,45,52,63,69,71,74,77H,6,13-14,17-21,23,25-27,29,61H2,1-3H3,(H,62,67);1H,(H,2,3)/t30-,37-,41-,45-,52+,60-;/m0./s1. The highest BCUT2D eigenvalue weighted by Crippen LogP contribution is 2.53. The van der Waals surface area contributed by atoms with E-state index in [1.165, 1.54) is 49.8 Å². The molecule has 2 aliphatic heterocycles. The molecule has 0 saturated carbocycles. The van der Waals surface area contributed by atoms with E-state index in [0.29, 0.717) is 39.3 Å². The minimum absolute atomic E-state index is 0.0190. The molecule has 0 radical (unpaired) electrons. The van der Waals surface area contributed by atoms with Gasteiger partial charge in [-0.25, -0.2) is 0 Å². The quantitative estimate of drug-likeness (QED) is 0.0151. The zero-order valence-corrected chi connectivity index (χ0v) is 47.5. The number of nitrogens with one attached hydrogen (secondary N) is 2. The van der Waals surface area contributed by atoms with E-state index >= 15 is 0 Å². The van der Waals surface area contributed by atoms with Crippen molar-refractivity contribution in [2.75, 3.05) is 60.2 Å². The van der Waals surface area contributed by atoms with E-state index in [-0.39, 0.29) is 104 Å². The van der Waals surface area contributed by atoms with Gasteiger partial charge in [-0.05, 0) is 61.9 Å². The van der Waals surface area contributed by atoms with Crippen LogP contribution in [0.4, 0.5) is 0 Å². The largest absolute Gasteiger partial charge is 0.554 e. The first-order valence-corrected chi connectivity index (χ1v) is 27.7. The molecule has 0 spiro atoms. The lowest BCUT2D eigenvalue weighted by atomic mass is 9.72. The SMILES string of the molecule is COc1cccc2c1C(=O)c1c(O)c3c(c(O)c1C2=O)C[C@@](O)(C(=O)COC(=O)CCCC(=O)NCCOc1cccc(C(=O)N2CCN(C(=O)C(=O)c4c[nH]c5c(-c6ccco6)ccc(OC)c45)CC2)c1)C[C@@H]3O[C@H]1C[C@H]([NH3+])[C@H](O)[C@H](C)O1.O=C[O-]. The van der Waals surface area contributed by atoms with E-state index in [9.17, 15) is 58.8 Å². The number of aliphatic hydroxyl groups is 2.